The van der Waals surface area contributed by atoms with Gasteiger partial charge < -0.3 is 15.0 Å². The second-order valence-electron chi connectivity index (χ2n) is 7.50. The van der Waals surface area contributed by atoms with E-state index in [2.05, 4.69) is 44.8 Å². The molecule has 0 aromatic rings. The van der Waals surface area contributed by atoms with Crippen LogP contribution in [-0.4, -0.2) is 49.8 Å². The third-order valence-electron chi connectivity index (χ3n) is 4.30. The first-order valence-corrected chi connectivity index (χ1v) is 7.78. The number of ether oxygens (including phenoxy) is 1. The van der Waals surface area contributed by atoms with Crippen LogP contribution in [0.1, 0.15) is 53.9 Å². The molecule has 2 atom stereocenters. The fourth-order valence-electron chi connectivity index (χ4n) is 2.66. The molecule has 2 unspecified atom stereocenters. The number of hydrogen-bond acceptors (Lipinski definition) is 3. The van der Waals surface area contributed by atoms with Crippen LogP contribution in [-0.2, 0) is 4.74 Å². The van der Waals surface area contributed by atoms with Crippen molar-refractivity contribution < 1.29 is 4.74 Å². The Hall–Kier alpha value is -0.120. The van der Waals surface area contributed by atoms with E-state index in [9.17, 15) is 0 Å². The Balaban J connectivity index is 2.49. The summed E-state index contributed by atoms with van der Waals surface area (Å²) < 4.78 is 5.53. The smallest absolute Gasteiger partial charge is 0.0698 e. The largest absolute Gasteiger partial charge is 0.380 e. The molecule has 114 valence electrons. The number of nitrogens with zero attached hydrogens (tertiary/aromatic N) is 1. The molecule has 1 N–H and O–H groups in total. The average Bonchev–Trinajstić information content (AvgIpc) is 2.36. The molecule has 1 heterocycles. The van der Waals surface area contributed by atoms with Gasteiger partial charge in [0.15, 0.2) is 0 Å². The third kappa shape index (κ3) is 6.24. The van der Waals surface area contributed by atoms with Crippen molar-refractivity contribution >= 4 is 0 Å². The number of hydrogen-bond donors (Lipinski definition) is 1. The highest BCUT2D eigenvalue weighted by molar-refractivity contribution is 4.85. The summed E-state index contributed by atoms with van der Waals surface area (Å²) in [5, 5.41) is 3.67. The second-order valence-corrected chi connectivity index (χ2v) is 7.50. The fourth-order valence-corrected chi connectivity index (χ4v) is 2.66. The Morgan fingerprint density at radius 3 is 2.47 bits per heavy atom. The zero-order valence-electron chi connectivity index (χ0n) is 13.9. The van der Waals surface area contributed by atoms with E-state index in [0.29, 0.717) is 11.5 Å². The first-order valence-electron chi connectivity index (χ1n) is 7.78. The maximum atomic E-state index is 5.53. The normalized spacial score (nSPS) is 25.3. The van der Waals surface area contributed by atoms with Gasteiger partial charge in [-0.2, -0.15) is 0 Å². The Morgan fingerprint density at radius 2 is 1.95 bits per heavy atom. The molecule has 1 fully saturated rings. The Kier molecular flexibility index (Phi) is 6.28. The summed E-state index contributed by atoms with van der Waals surface area (Å²) in [6, 6.07) is 0. The van der Waals surface area contributed by atoms with E-state index in [4.69, 9.17) is 4.74 Å². The van der Waals surface area contributed by atoms with Gasteiger partial charge in [0.05, 0.1) is 6.10 Å². The molecule has 0 saturated carbocycles. The minimum Gasteiger partial charge on any atom is -0.380 e. The minimum absolute atomic E-state index is 0.202. The van der Waals surface area contributed by atoms with Gasteiger partial charge in [0.25, 0.3) is 0 Å². The monoisotopic (exact) mass is 270 g/mol. The molecule has 0 spiro atoms. The number of likely N-dealkylation sites (tertiary alicyclic amines) is 1. The van der Waals surface area contributed by atoms with E-state index in [1.54, 1.807) is 0 Å². The van der Waals surface area contributed by atoms with Crippen LogP contribution < -0.4 is 5.32 Å². The lowest BCUT2D eigenvalue weighted by Crippen LogP contribution is -2.50. The summed E-state index contributed by atoms with van der Waals surface area (Å²) in [6.07, 6.45) is 4.14. The summed E-state index contributed by atoms with van der Waals surface area (Å²) in [6.45, 7) is 16.0. The number of methoxy groups -OCH3 is 1. The quantitative estimate of drug-likeness (QED) is 0.803. The lowest BCUT2D eigenvalue weighted by molar-refractivity contribution is 0.0148. The van der Waals surface area contributed by atoms with E-state index >= 15 is 0 Å². The highest BCUT2D eigenvalue weighted by Gasteiger charge is 2.29. The Bertz CT molecular complexity index is 262. The maximum Gasteiger partial charge on any atom is 0.0698 e. The Labute approximate surface area is 120 Å². The second kappa shape index (κ2) is 7.05. The van der Waals surface area contributed by atoms with Crippen LogP contribution in [0.15, 0.2) is 0 Å². The van der Waals surface area contributed by atoms with Crippen LogP contribution in [0.4, 0.5) is 0 Å². The van der Waals surface area contributed by atoms with E-state index < -0.39 is 0 Å². The SMILES string of the molecule is CCC(C)(CNC(C)(C)C)CN1CCCC(OC)C1. The summed E-state index contributed by atoms with van der Waals surface area (Å²) >= 11 is 0. The van der Waals surface area contributed by atoms with Crippen molar-refractivity contribution in [1.82, 2.24) is 10.2 Å². The van der Waals surface area contributed by atoms with Crippen molar-refractivity contribution in [2.45, 2.75) is 65.5 Å². The average molecular weight is 270 g/mol. The standard InChI is InChI=1S/C16H34N2O/c1-7-16(5,12-17-15(2,3)4)13-18-10-8-9-14(11-18)19-6/h14,17H,7-13H2,1-6H3. The first kappa shape index (κ1) is 16.9. The van der Waals surface area contributed by atoms with Gasteiger partial charge in [-0.15, -0.1) is 0 Å². The molecule has 1 rings (SSSR count). The van der Waals surface area contributed by atoms with E-state index in [1.165, 1.54) is 32.4 Å². The van der Waals surface area contributed by atoms with E-state index in [1.807, 2.05) is 7.11 Å². The van der Waals surface area contributed by atoms with Crippen molar-refractivity contribution in [2.24, 2.45) is 5.41 Å². The molecule has 1 saturated heterocycles. The van der Waals surface area contributed by atoms with Gasteiger partial charge in [-0.25, -0.2) is 0 Å². The maximum absolute atomic E-state index is 5.53. The predicted molar refractivity (Wildman–Crippen MR) is 82.6 cm³/mol. The molecule has 3 nitrogen and oxygen atoms in total. The zero-order valence-corrected chi connectivity index (χ0v) is 13.9. The molecular formula is C16H34N2O. The first-order chi connectivity index (χ1) is 8.78. The molecule has 0 aromatic heterocycles. The number of nitrogens with one attached hydrogen (secondary N) is 1. The minimum atomic E-state index is 0.202. The molecule has 3 heteroatoms. The van der Waals surface area contributed by atoms with Crippen LogP contribution in [0.5, 0.6) is 0 Å². The van der Waals surface area contributed by atoms with Gasteiger partial charge in [0.2, 0.25) is 0 Å². The van der Waals surface area contributed by atoms with Crippen LogP contribution >= 0.6 is 0 Å². The molecule has 0 bridgehead atoms. The molecule has 0 aliphatic carbocycles. The van der Waals surface area contributed by atoms with Crippen molar-refractivity contribution in [2.75, 3.05) is 33.3 Å². The summed E-state index contributed by atoms with van der Waals surface area (Å²) in [4.78, 5) is 2.59. The van der Waals surface area contributed by atoms with Gasteiger partial charge in [-0.1, -0.05) is 13.8 Å². The van der Waals surface area contributed by atoms with Crippen molar-refractivity contribution in [3.8, 4) is 0 Å². The molecule has 0 amide bonds. The van der Waals surface area contributed by atoms with Gasteiger partial charge in [-0.05, 0) is 52.0 Å². The van der Waals surface area contributed by atoms with Crippen LogP contribution in [0.2, 0.25) is 0 Å². The van der Waals surface area contributed by atoms with Crippen molar-refractivity contribution in [1.29, 1.82) is 0 Å². The lowest BCUT2D eigenvalue weighted by Gasteiger charge is -2.40. The number of rotatable bonds is 6. The van der Waals surface area contributed by atoms with Crippen LogP contribution in [0.25, 0.3) is 0 Å². The van der Waals surface area contributed by atoms with Crippen LogP contribution in [0.3, 0.4) is 0 Å². The molecule has 0 aromatic carbocycles. The molecule has 1 aliphatic heterocycles. The summed E-state index contributed by atoms with van der Waals surface area (Å²) in [5.74, 6) is 0. The third-order valence-corrected chi connectivity index (χ3v) is 4.30. The van der Waals surface area contributed by atoms with Gasteiger partial charge in [-0.3, -0.25) is 0 Å². The van der Waals surface area contributed by atoms with Gasteiger partial charge >= 0.3 is 0 Å². The van der Waals surface area contributed by atoms with Gasteiger partial charge in [0, 0.05) is 32.3 Å². The highest BCUT2D eigenvalue weighted by atomic mass is 16.5. The zero-order chi connectivity index (χ0) is 14.5. The molecule has 0 radical (unpaired) electrons. The van der Waals surface area contributed by atoms with E-state index in [0.717, 1.165) is 13.1 Å². The Morgan fingerprint density at radius 1 is 1.26 bits per heavy atom. The highest BCUT2D eigenvalue weighted by Crippen LogP contribution is 2.25. The van der Waals surface area contributed by atoms with Crippen LogP contribution in [0, 0.1) is 5.41 Å². The fraction of sp³-hybridized carbons (Fsp3) is 1.00. The van der Waals surface area contributed by atoms with Gasteiger partial charge in [0.1, 0.15) is 0 Å². The predicted octanol–water partition coefficient (Wildman–Crippen LogP) is 2.90. The molecular weight excluding hydrogens is 236 g/mol. The topological polar surface area (TPSA) is 24.5 Å². The summed E-state index contributed by atoms with van der Waals surface area (Å²) in [7, 11) is 1.84. The van der Waals surface area contributed by atoms with Crippen molar-refractivity contribution in [3.05, 3.63) is 0 Å². The summed E-state index contributed by atoms with van der Waals surface area (Å²) in [5.41, 5.74) is 0.552. The van der Waals surface area contributed by atoms with Crippen molar-refractivity contribution in [3.63, 3.8) is 0 Å². The number of piperidine rings is 1. The van der Waals surface area contributed by atoms with E-state index in [-0.39, 0.29) is 5.54 Å². The molecule has 19 heavy (non-hydrogen) atoms. The molecule has 1 aliphatic rings. The lowest BCUT2D eigenvalue weighted by atomic mass is 9.85.